The Morgan fingerprint density at radius 3 is 2.74 bits per heavy atom. The molecule has 10 heteroatoms. The molecule has 8 nitrogen and oxygen atoms in total. The van der Waals surface area contributed by atoms with Crippen molar-refractivity contribution in [3.63, 3.8) is 0 Å². The molecular formula is C21H19ClN6O2S. The Morgan fingerprint density at radius 1 is 1.13 bits per heavy atom. The number of rotatable bonds is 4. The van der Waals surface area contributed by atoms with Crippen molar-refractivity contribution >= 4 is 57.5 Å². The third kappa shape index (κ3) is 3.86. The Bertz CT molecular complexity index is 1340. The second-order valence-electron chi connectivity index (χ2n) is 7.18. The molecule has 5 rings (SSSR count). The fourth-order valence-corrected chi connectivity index (χ4v) is 4.77. The Labute approximate surface area is 186 Å². The number of carbonyl (C=O) groups is 1. The summed E-state index contributed by atoms with van der Waals surface area (Å²) >= 11 is 7.87. The fourth-order valence-electron chi connectivity index (χ4n) is 3.67. The second-order valence-corrected chi connectivity index (χ2v) is 8.84. The Balaban J connectivity index is 1.56. The number of anilines is 2. The van der Waals surface area contributed by atoms with E-state index in [-0.39, 0.29) is 18.1 Å². The van der Waals surface area contributed by atoms with Gasteiger partial charge < -0.3 is 10.2 Å². The molecule has 1 N–H and O–H groups in total. The molecule has 0 saturated carbocycles. The molecule has 31 heavy (non-hydrogen) atoms. The number of thioether (sulfide) groups is 1. The molecule has 1 fully saturated rings. The topological polar surface area (TPSA) is 84.5 Å². The number of amides is 1. The molecule has 0 bridgehead atoms. The number of hydrogen-bond donors (Lipinski definition) is 1. The summed E-state index contributed by atoms with van der Waals surface area (Å²) in [6.45, 7) is 1.46. The number of nitrogens with zero attached hydrogens (tertiary/aromatic N) is 5. The van der Waals surface area contributed by atoms with E-state index in [0.717, 1.165) is 24.6 Å². The van der Waals surface area contributed by atoms with E-state index in [1.165, 1.54) is 4.68 Å². The number of benzene rings is 2. The maximum absolute atomic E-state index is 13.2. The maximum atomic E-state index is 13.2. The van der Waals surface area contributed by atoms with E-state index in [1.54, 1.807) is 28.7 Å². The van der Waals surface area contributed by atoms with Crippen molar-refractivity contribution in [3.05, 3.63) is 64.0 Å². The van der Waals surface area contributed by atoms with E-state index in [4.69, 9.17) is 16.6 Å². The van der Waals surface area contributed by atoms with Crippen LogP contribution in [0.15, 0.2) is 53.3 Å². The average molecular weight is 455 g/mol. The minimum Gasteiger partial charge on any atom is -0.352 e. The van der Waals surface area contributed by atoms with Gasteiger partial charge in [-0.3, -0.25) is 4.79 Å². The molecule has 2 aromatic heterocycles. The van der Waals surface area contributed by atoms with Gasteiger partial charge >= 0.3 is 5.69 Å². The number of para-hydroxylation sites is 2. The number of fused-ring (bicyclic) bond motifs is 3. The van der Waals surface area contributed by atoms with Crippen LogP contribution in [0.25, 0.3) is 16.7 Å². The Kier molecular flexibility index (Phi) is 5.29. The normalized spacial score (nSPS) is 14.3. The minimum absolute atomic E-state index is 0.212. The first kappa shape index (κ1) is 19.9. The molecule has 1 amide bonds. The van der Waals surface area contributed by atoms with Gasteiger partial charge in [0.05, 0.1) is 11.0 Å². The smallest absolute Gasteiger partial charge is 0.351 e. The summed E-state index contributed by atoms with van der Waals surface area (Å²) in [5.74, 6) is 2.30. The van der Waals surface area contributed by atoms with Gasteiger partial charge in [-0.2, -0.15) is 11.8 Å². The van der Waals surface area contributed by atoms with Crippen LogP contribution in [0, 0.1) is 0 Å². The lowest BCUT2D eigenvalue weighted by atomic mass is 10.3. The van der Waals surface area contributed by atoms with E-state index in [9.17, 15) is 9.59 Å². The largest absolute Gasteiger partial charge is 0.352 e. The van der Waals surface area contributed by atoms with Gasteiger partial charge in [-0.25, -0.2) is 18.9 Å². The van der Waals surface area contributed by atoms with E-state index in [2.05, 4.69) is 15.3 Å². The number of nitrogens with one attached hydrogen (secondary N) is 1. The van der Waals surface area contributed by atoms with Crippen LogP contribution in [0.5, 0.6) is 0 Å². The molecule has 2 aromatic carbocycles. The van der Waals surface area contributed by atoms with Gasteiger partial charge in [0.2, 0.25) is 11.6 Å². The van der Waals surface area contributed by atoms with Crippen LogP contribution >= 0.6 is 23.4 Å². The monoisotopic (exact) mass is 454 g/mol. The van der Waals surface area contributed by atoms with Gasteiger partial charge in [0, 0.05) is 35.3 Å². The number of carbonyl (C=O) groups excluding carboxylic acids is 1. The lowest BCUT2D eigenvalue weighted by Crippen LogP contribution is -2.33. The third-order valence-electron chi connectivity index (χ3n) is 5.10. The lowest BCUT2D eigenvalue weighted by molar-refractivity contribution is -0.117. The minimum atomic E-state index is -0.373. The molecule has 0 atom stereocenters. The molecule has 4 aromatic rings. The molecule has 1 saturated heterocycles. The number of hydrogen-bond acceptors (Lipinski definition) is 6. The van der Waals surface area contributed by atoms with Gasteiger partial charge in [-0.05, 0) is 30.3 Å². The molecule has 0 radical (unpaired) electrons. The SMILES string of the molecule is O=C(Cn1nc2c(N3CCSCC3)nc3ccccc3n2c1=O)Nc1cccc(Cl)c1. The van der Waals surface area contributed by atoms with E-state index < -0.39 is 0 Å². The zero-order valence-electron chi connectivity index (χ0n) is 16.5. The summed E-state index contributed by atoms with van der Waals surface area (Å²) in [4.78, 5) is 32.8. The van der Waals surface area contributed by atoms with Crippen molar-refractivity contribution in [2.75, 3.05) is 34.8 Å². The molecule has 0 aliphatic carbocycles. The molecule has 0 spiro atoms. The van der Waals surface area contributed by atoms with E-state index in [1.807, 2.05) is 36.0 Å². The molecule has 3 heterocycles. The maximum Gasteiger partial charge on any atom is 0.351 e. The summed E-state index contributed by atoms with van der Waals surface area (Å²) in [5.41, 5.74) is 2.04. The number of aromatic nitrogens is 4. The van der Waals surface area contributed by atoms with Crippen molar-refractivity contribution in [2.45, 2.75) is 6.54 Å². The Hall–Kier alpha value is -3.04. The Morgan fingerprint density at radius 2 is 1.94 bits per heavy atom. The number of halogens is 1. The van der Waals surface area contributed by atoms with Crippen molar-refractivity contribution < 1.29 is 4.79 Å². The van der Waals surface area contributed by atoms with Crippen LogP contribution in [0.4, 0.5) is 11.5 Å². The standard InChI is InChI=1S/C21H19ClN6O2S/c22-14-4-3-5-15(12-14)23-18(29)13-27-21(30)28-17-7-2-1-6-16(17)24-19(20(28)25-27)26-8-10-31-11-9-26/h1-7,12H,8-11,13H2,(H,23,29). The van der Waals surface area contributed by atoms with Crippen molar-refractivity contribution in [3.8, 4) is 0 Å². The highest BCUT2D eigenvalue weighted by Crippen LogP contribution is 2.24. The highest BCUT2D eigenvalue weighted by molar-refractivity contribution is 7.99. The van der Waals surface area contributed by atoms with Crippen LogP contribution < -0.4 is 15.9 Å². The van der Waals surface area contributed by atoms with Crippen LogP contribution in [0.3, 0.4) is 0 Å². The van der Waals surface area contributed by atoms with Crippen molar-refractivity contribution in [1.29, 1.82) is 0 Å². The third-order valence-corrected chi connectivity index (χ3v) is 6.28. The second kappa shape index (κ2) is 8.24. The predicted octanol–water partition coefficient (Wildman–Crippen LogP) is 2.89. The van der Waals surface area contributed by atoms with Gasteiger partial charge in [-0.15, -0.1) is 5.10 Å². The quantitative estimate of drug-likeness (QED) is 0.510. The van der Waals surface area contributed by atoms with Crippen molar-refractivity contribution in [1.82, 2.24) is 19.2 Å². The first-order valence-electron chi connectivity index (χ1n) is 9.86. The van der Waals surface area contributed by atoms with Gasteiger partial charge in [-0.1, -0.05) is 29.8 Å². The predicted molar refractivity (Wildman–Crippen MR) is 124 cm³/mol. The van der Waals surface area contributed by atoms with Gasteiger partial charge in [0.15, 0.2) is 5.82 Å². The summed E-state index contributed by atoms with van der Waals surface area (Å²) in [5, 5.41) is 7.78. The molecule has 1 aliphatic rings. The van der Waals surface area contributed by atoms with Gasteiger partial charge in [0.25, 0.3) is 0 Å². The van der Waals surface area contributed by atoms with E-state index >= 15 is 0 Å². The molecular weight excluding hydrogens is 436 g/mol. The highest BCUT2D eigenvalue weighted by Gasteiger charge is 2.22. The zero-order valence-corrected chi connectivity index (χ0v) is 18.1. The molecule has 1 aliphatic heterocycles. The summed E-state index contributed by atoms with van der Waals surface area (Å²) in [6, 6.07) is 14.3. The molecule has 158 valence electrons. The average Bonchev–Trinajstić information content (AvgIpc) is 3.10. The summed E-state index contributed by atoms with van der Waals surface area (Å²) < 4.78 is 2.73. The highest BCUT2D eigenvalue weighted by atomic mass is 35.5. The van der Waals surface area contributed by atoms with E-state index in [0.29, 0.717) is 33.2 Å². The van der Waals surface area contributed by atoms with Crippen LogP contribution in [-0.4, -0.2) is 49.7 Å². The lowest BCUT2D eigenvalue weighted by Gasteiger charge is -2.27. The van der Waals surface area contributed by atoms with Crippen LogP contribution in [0.1, 0.15) is 0 Å². The first-order chi connectivity index (χ1) is 15.1. The van der Waals surface area contributed by atoms with Gasteiger partial charge in [0.1, 0.15) is 6.54 Å². The molecule has 0 unspecified atom stereocenters. The van der Waals surface area contributed by atoms with Crippen LogP contribution in [-0.2, 0) is 11.3 Å². The van der Waals surface area contributed by atoms with Crippen LogP contribution in [0.2, 0.25) is 5.02 Å². The fraction of sp³-hybridized carbons (Fsp3) is 0.238. The summed E-state index contributed by atoms with van der Waals surface area (Å²) in [7, 11) is 0. The first-order valence-corrected chi connectivity index (χ1v) is 11.4. The zero-order chi connectivity index (χ0) is 21.4. The summed E-state index contributed by atoms with van der Waals surface area (Å²) in [6.07, 6.45) is 0. The van der Waals surface area contributed by atoms with Crippen molar-refractivity contribution in [2.24, 2.45) is 0 Å².